The van der Waals surface area contributed by atoms with Crippen LogP contribution in [0.3, 0.4) is 0 Å². The van der Waals surface area contributed by atoms with Gasteiger partial charge in [0.05, 0.1) is 12.7 Å². The van der Waals surface area contributed by atoms with Crippen LogP contribution in [0, 0.1) is 0 Å². The fourth-order valence-corrected chi connectivity index (χ4v) is 1.59. The molecule has 1 heterocycles. The van der Waals surface area contributed by atoms with Gasteiger partial charge in [0.15, 0.2) is 0 Å². The largest absolute Gasteiger partial charge is 0.376 e. The minimum absolute atomic E-state index is 0.0208. The average molecular weight is 189 g/mol. The van der Waals surface area contributed by atoms with E-state index < -0.39 is 6.17 Å². The second kappa shape index (κ2) is 5.55. The maximum Gasteiger partial charge on any atom is 0.139 e. The van der Waals surface area contributed by atoms with Gasteiger partial charge in [-0.25, -0.2) is 4.39 Å². The number of rotatable bonds is 4. The molecule has 0 amide bonds. The molecule has 1 fully saturated rings. The monoisotopic (exact) mass is 189 g/mol. The summed E-state index contributed by atoms with van der Waals surface area (Å²) in [5.74, 6) is 0. The van der Waals surface area contributed by atoms with E-state index >= 15 is 0 Å². The molecule has 0 aromatic carbocycles. The third-order valence-corrected chi connectivity index (χ3v) is 2.37. The predicted octanol–water partition coefficient (Wildman–Crippen LogP) is 1.89. The summed E-state index contributed by atoms with van der Waals surface area (Å²) in [5.41, 5.74) is 0. The van der Waals surface area contributed by atoms with Crippen LogP contribution in [0.4, 0.5) is 4.39 Å². The van der Waals surface area contributed by atoms with Crippen LogP contribution < -0.4 is 5.32 Å². The highest BCUT2D eigenvalue weighted by molar-refractivity contribution is 4.79. The normalized spacial score (nSPS) is 26.3. The topological polar surface area (TPSA) is 21.3 Å². The van der Waals surface area contributed by atoms with Gasteiger partial charge in [-0.05, 0) is 33.2 Å². The van der Waals surface area contributed by atoms with Gasteiger partial charge in [-0.15, -0.1) is 0 Å². The first kappa shape index (κ1) is 10.9. The Morgan fingerprint density at radius 2 is 2.23 bits per heavy atom. The Morgan fingerprint density at radius 3 is 2.77 bits per heavy atom. The van der Waals surface area contributed by atoms with Gasteiger partial charge in [0, 0.05) is 6.04 Å². The summed E-state index contributed by atoms with van der Waals surface area (Å²) in [7, 11) is 0. The van der Waals surface area contributed by atoms with Crippen LogP contribution in [0.2, 0.25) is 0 Å². The van der Waals surface area contributed by atoms with Gasteiger partial charge in [-0.3, -0.25) is 0 Å². The summed E-state index contributed by atoms with van der Waals surface area (Å²) < 4.78 is 18.7. The number of nitrogens with one attached hydrogen (secondary N) is 1. The van der Waals surface area contributed by atoms with Crippen LogP contribution in [-0.4, -0.2) is 31.5 Å². The predicted molar refractivity (Wildman–Crippen MR) is 51.6 cm³/mol. The van der Waals surface area contributed by atoms with Crippen molar-refractivity contribution < 1.29 is 9.13 Å². The first-order valence-corrected chi connectivity index (χ1v) is 5.19. The number of halogens is 1. The molecule has 1 N–H and O–H groups in total. The smallest absolute Gasteiger partial charge is 0.139 e. The summed E-state index contributed by atoms with van der Waals surface area (Å²) in [4.78, 5) is 0. The SMILES string of the molecule is CC(C)OCC(F)C1CCCCN1. The zero-order chi connectivity index (χ0) is 9.68. The van der Waals surface area contributed by atoms with Gasteiger partial charge >= 0.3 is 0 Å². The Kier molecular flexibility index (Phi) is 4.67. The highest BCUT2D eigenvalue weighted by atomic mass is 19.1. The molecule has 0 radical (unpaired) electrons. The lowest BCUT2D eigenvalue weighted by molar-refractivity contribution is 0.0229. The van der Waals surface area contributed by atoms with Crippen molar-refractivity contribution in [3.63, 3.8) is 0 Å². The molecular weight excluding hydrogens is 169 g/mol. The van der Waals surface area contributed by atoms with Crippen LogP contribution in [0.15, 0.2) is 0 Å². The van der Waals surface area contributed by atoms with E-state index in [0.717, 1.165) is 19.4 Å². The van der Waals surface area contributed by atoms with Gasteiger partial charge in [0.1, 0.15) is 6.17 Å². The van der Waals surface area contributed by atoms with Crippen LogP contribution in [-0.2, 0) is 4.74 Å². The summed E-state index contributed by atoms with van der Waals surface area (Å²) in [6.45, 7) is 5.05. The Labute approximate surface area is 79.8 Å². The van der Waals surface area contributed by atoms with E-state index in [1.807, 2.05) is 13.8 Å². The van der Waals surface area contributed by atoms with E-state index in [1.54, 1.807) is 0 Å². The number of ether oxygens (including phenoxy) is 1. The van der Waals surface area contributed by atoms with Crippen molar-refractivity contribution in [3.8, 4) is 0 Å². The van der Waals surface area contributed by atoms with Gasteiger partial charge in [-0.1, -0.05) is 6.42 Å². The Hall–Kier alpha value is -0.150. The molecule has 1 aliphatic rings. The van der Waals surface area contributed by atoms with Crippen molar-refractivity contribution >= 4 is 0 Å². The van der Waals surface area contributed by atoms with Crippen LogP contribution in [0.1, 0.15) is 33.1 Å². The molecule has 2 unspecified atom stereocenters. The molecule has 1 rings (SSSR count). The second-order valence-electron chi connectivity index (χ2n) is 3.95. The molecule has 3 heteroatoms. The molecule has 2 nitrogen and oxygen atoms in total. The fraction of sp³-hybridized carbons (Fsp3) is 1.00. The van der Waals surface area contributed by atoms with Crippen LogP contribution in [0.25, 0.3) is 0 Å². The number of alkyl halides is 1. The first-order chi connectivity index (χ1) is 6.20. The third kappa shape index (κ3) is 4.05. The summed E-state index contributed by atoms with van der Waals surface area (Å²) >= 11 is 0. The van der Waals surface area contributed by atoms with Crippen molar-refractivity contribution in [1.82, 2.24) is 5.32 Å². The number of hydrogen-bond donors (Lipinski definition) is 1. The maximum absolute atomic E-state index is 13.5. The Bertz CT molecular complexity index is 135. The maximum atomic E-state index is 13.5. The molecule has 0 bridgehead atoms. The molecule has 2 atom stereocenters. The van der Waals surface area contributed by atoms with E-state index in [9.17, 15) is 4.39 Å². The van der Waals surface area contributed by atoms with Crippen molar-refractivity contribution in [1.29, 1.82) is 0 Å². The fourth-order valence-electron chi connectivity index (χ4n) is 1.59. The van der Waals surface area contributed by atoms with Crippen molar-refractivity contribution in [3.05, 3.63) is 0 Å². The second-order valence-corrected chi connectivity index (χ2v) is 3.95. The molecule has 0 saturated carbocycles. The van der Waals surface area contributed by atoms with E-state index in [0.29, 0.717) is 0 Å². The lowest BCUT2D eigenvalue weighted by Gasteiger charge is -2.26. The van der Waals surface area contributed by atoms with Gasteiger partial charge in [-0.2, -0.15) is 0 Å². The summed E-state index contributed by atoms with van der Waals surface area (Å²) in [5, 5.41) is 3.19. The Morgan fingerprint density at radius 1 is 1.46 bits per heavy atom. The minimum Gasteiger partial charge on any atom is -0.376 e. The highest BCUT2D eigenvalue weighted by Gasteiger charge is 2.22. The number of hydrogen-bond acceptors (Lipinski definition) is 2. The van der Waals surface area contributed by atoms with E-state index in [1.165, 1.54) is 6.42 Å². The lowest BCUT2D eigenvalue weighted by Crippen LogP contribution is -2.43. The van der Waals surface area contributed by atoms with E-state index in [-0.39, 0.29) is 18.8 Å². The van der Waals surface area contributed by atoms with Gasteiger partial charge in [0.25, 0.3) is 0 Å². The van der Waals surface area contributed by atoms with Crippen LogP contribution in [0.5, 0.6) is 0 Å². The highest BCUT2D eigenvalue weighted by Crippen LogP contribution is 2.13. The van der Waals surface area contributed by atoms with E-state index in [4.69, 9.17) is 4.74 Å². The van der Waals surface area contributed by atoms with Crippen molar-refractivity contribution in [2.75, 3.05) is 13.2 Å². The molecule has 1 aliphatic heterocycles. The van der Waals surface area contributed by atoms with E-state index in [2.05, 4.69) is 5.32 Å². The molecule has 0 aromatic heterocycles. The molecule has 78 valence electrons. The lowest BCUT2D eigenvalue weighted by atomic mass is 10.0. The standard InChI is InChI=1S/C10H20FNO/c1-8(2)13-7-9(11)10-5-3-4-6-12-10/h8-10,12H,3-7H2,1-2H3. The molecule has 0 aromatic rings. The summed E-state index contributed by atoms with van der Waals surface area (Å²) in [6, 6.07) is 0.0208. The molecule has 1 saturated heterocycles. The minimum atomic E-state index is -0.845. The number of piperidine rings is 1. The quantitative estimate of drug-likeness (QED) is 0.729. The third-order valence-electron chi connectivity index (χ3n) is 2.37. The van der Waals surface area contributed by atoms with Crippen molar-refractivity contribution in [2.45, 2.75) is 51.4 Å². The summed E-state index contributed by atoms with van der Waals surface area (Å²) in [6.07, 6.45) is 2.54. The first-order valence-electron chi connectivity index (χ1n) is 5.19. The molecular formula is C10H20FNO. The molecule has 0 spiro atoms. The zero-order valence-corrected chi connectivity index (χ0v) is 8.55. The average Bonchev–Trinajstić information content (AvgIpc) is 2.15. The van der Waals surface area contributed by atoms with Crippen LogP contribution >= 0.6 is 0 Å². The molecule has 13 heavy (non-hydrogen) atoms. The van der Waals surface area contributed by atoms with Gasteiger partial charge in [0.2, 0.25) is 0 Å². The van der Waals surface area contributed by atoms with Gasteiger partial charge < -0.3 is 10.1 Å². The zero-order valence-electron chi connectivity index (χ0n) is 8.55. The Balaban J connectivity index is 2.17. The molecule has 0 aliphatic carbocycles. The van der Waals surface area contributed by atoms with Crippen molar-refractivity contribution in [2.24, 2.45) is 0 Å².